The smallest absolute Gasteiger partial charge is 0.304 e. The predicted octanol–water partition coefficient (Wildman–Crippen LogP) is 1.17. The van der Waals surface area contributed by atoms with Crippen molar-refractivity contribution in [3.8, 4) is 0 Å². The van der Waals surface area contributed by atoms with Crippen LogP contribution >= 0.6 is 0 Å². The monoisotopic (exact) mass is 239 g/mol. The number of rotatable bonds is 3. The molecule has 1 N–H and O–H groups in total. The Morgan fingerprint density at radius 3 is 2.47 bits per heavy atom. The molecular formula is C12H17NO4. The summed E-state index contributed by atoms with van der Waals surface area (Å²) in [7, 11) is 0. The first kappa shape index (κ1) is 12.1. The maximum absolute atomic E-state index is 12.0. The zero-order valence-electron chi connectivity index (χ0n) is 9.72. The highest BCUT2D eigenvalue weighted by Crippen LogP contribution is 2.30. The molecule has 0 aromatic carbocycles. The Hall–Kier alpha value is -1.39. The van der Waals surface area contributed by atoms with Crippen LogP contribution in [0.3, 0.4) is 0 Å². The summed E-state index contributed by atoms with van der Waals surface area (Å²) < 4.78 is 0. The second-order valence-corrected chi connectivity index (χ2v) is 4.89. The van der Waals surface area contributed by atoms with Gasteiger partial charge in [0.25, 0.3) is 0 Å². The number of likely N-dealkylation sites (tertiary alicyclic amines) is 1. The average Bonchev–Trinajstić information content (AvgIpc) is 2.54. The van der Waals surface area contributed by atoms with E-state index in [9.17, 15) is 14.4 Å². The highest BCUT2D eigenvalue weighted by atomic mass is 16.4. The van der Waals surface area contributed by atoms with Crippen LogP contribution in [0.25, 0.3) is 0 Å². The largest absolute Gasteiger partial charge is 0.481 e. The minimum atomic E-state index is -1.01. The van der Waals surface area contributed by atoms with Crippen molar-refractivity contribution in [1.82, 2.24) is 4.90 Å². The molecule has 5 nitrogen and oxygen atoms in total. The topological polar surface area (TPSA) is 74.7 Å². The number of carboxylic acid groups (broad SMARTS) is 1. The fourth-order valence-electron chi connectivity index (χ4n) is 2.81. The van der Waals surface area contributed by atoms with E-state index < -0.39 is 11.9 Å². The Balaban J connectivity index is 2.05. The van der Waals surface area contributed by atoms with Gasteiger partial charge in [-0.05, 0) is 12.8 Å². The first-order valence-corrected chi connectivity index (χ1v) is 6.17. The lowest BCUT2D eigenvalue weighted by Gasteiger charge is -2.29. The molecule has 1 atom stereocenters. The fraction of sp³-hybridized carbons (Fsp3) is 0.750. The van der Waals surface area contributed by atoms with Gasteiger partial charge in [-0.25, -0.2) is 0 Å². The molecule has 0 radical (unpaired) electrons. The van der Waals surface area contributed by atoms with Crippen molar-refractivity contribution < 1.29 is 19.5 Å². The van der Waals surface area contributed by atoms with Gasteiger partial charge in [0.05, 0.1) is 12.3 Å². The van der Waals surface area contributed by atoms with Gasteiger partial charge >= 0.3 is 5.97 Å². The van der Waals surface area contributed by atoms with Crippen LogP contribution in [0.5, 0.6) is 0 Å². The minimum Gasteiger partial charge on any atom is -0.481 e. The molecule has 2 amide bonds. The number of aliphatic carboxylic acids is 1. The average molecular weight is 239 g/mol. The van der Waals surface area contributed by atoms with E-state index in [1.807, 2.05) is 0 Å². The second kappa shape index (κ2) is 4.85. The molecule has 0 spiro atoms. The minimum absolute atomic E-state index is 0.0162. The highest BCUT2D eigenvalue weighted by Gasteiger charge is 2.43. The first-order chi connectivity index (χ1) is 8.09. The Kier molecular flexibility index (Phi) is 3.45. The lowest BCUT2D eigenvalue weighted by molar-refractivity contribution is -0.146. The molecule has 0 aromatic rings. The summed E-state index contributed by atoms with van der Waals surface area (Å²) in [6.45, 7) is 0. The molecular weight excluding hydrogens is 222 g/mol. The van der Waals surface area contributed by atoms with Gasteiger partial charge in [-0.15, -0.1) is 0 Å². The summed E-state index contributed by atoms with van der Waals surface area (Å²) in [6.07, 6.45) is 4.84. The van der Waals surface area contributed by atoms with E-state index in [2.05, 4.69) is 0 Å². The lowest BCUT2D eigenvalue weighted by atomic mass is 9.94. The van der Waals surface area contributed by atoms with Gasteiger partial charge in [-0.1, -0.05) is 19.3 Å². The summed E-state index contributed by atoms with van der Waals surface area (Å²) in [6, 6.07) is 0.0162. The van der Waals surface area contributed by atoms with Gasteiger partial charge in [-0.3, -0.25) is 19.3 Å². The van der Waals surface area contributed by atoms with Crippen LogP contribution in [0.1, 0.15) is 44.9 Å². The summed E-state index contributed by atoms with van der Waals surface area (Å²) >= 11 is 0. The fourth-order valence-corrected chi connectivity index (χ4v) is 2.81. The third-order valence-corrected chi connectivity index (χ3v) is 3.64. The van der Waals surface area contributed by atoms with Gasteiger partial charge in [0.1, 0.15) is 0 Å². The highest BCUT2D eigenvalue weighted by molar-refractivity contribution is 6.04. The van der Waals surface area contributed by atoms with E-state index in [-0.39, 0.29) is 30.7 Å². The maximum Gasteiger partial charge on any atom is 0.304 e. The van der Waals surface area contributed by atoms with E-state index in [0.29, 0.717) is 0 Å². The zero-order chi connectivity index (χ0) is 12.4. The van der Waals surface area contributed by atoms with Crippen molar-refractivity contribution in [1.29, 1.82) is 0 Å². The third-order valence-electron chi connectivity index (χ3n) is 3.64. The van der Waals surface area contributed by atoms with Crippen molar-refractivity contribution in [3.05, 3.63) is 0 Å². The van der Waals surface area contributed by atoms with Gasteiger partial charge in [-0.2, -0.15) is 0 Å². The summed E-state index contributed by atoms with van der Waals surface area (Å²) in [4.78, 5) is 35.7. The first-order valence-electron chi connectivity index (χ1n) is 6.17. The van der Waals surface area contributed by atoms with Crippen LogP contribution in [0.2, 0.25) is 0 Å². The standard InChI is InChI=1S/C12H17NO4/c14-10-6-8(7-11(15)16)12(17)13(10)9-4-2-1-3-5-9/h8-9H,1-7H2,(H,15,16). The Bertz CT molecular complexity index is 346. The maximum atomic E-state index is 12.0. The molecule has 2 rings (SSSR count). The van der Waals surface area contributed by atoms with Gasteiger partial charge in [0.2, 0.25) is 11.8 Å². The van der Waals surface area contributed by atoms with E-state index in [0.717, 1.165) is 32.1 Å². The predicted molar refractivity (Wildman–Crippen MR) is 59.1 cm³/mol. The Morgan fingerprint density at radius 2 is 1.88 bits per heavy atom. The number of carbonyl (C=O) groups is 3. The summed E-state index contributed by atoms with van der Waals surface area (Å²) in [5, 5.41) is 8.69. The third kappa shape index (κ3) is 2.48. The van der Waals surface area contributed by atoms with Gasteiger partial charge < -0.3 is 5.11 Å². The molecule has 0 bridgehead atoms. The molecule has 5 heteroatoms. The van der Waals surface area contributed by atoms with Crippen molar-refractivity contribution in [2.75, 3.05) is 0 Å². The number of imide groups is 1. The molecule has 1 heterocycles. The van der Waals surface area contributed by atoms with E-state index >= 15 is 0 Å². The van der Waals surface area contributed by atoms with Gasteiger partial charge in [0, 0.05) is 12.5 Å². The number of hydrogen-bond donors (Lipinski definition) is 1. The quantitative estimate of drug-likeness (QED) is 0.750. The SMILES string of the molecule is O=C(O)CC1CC(=O)N(C2CCCCC2)C1=O. The molecule has 94 valence electrons. The Morgan fingerprint density at radius 1 is 1.24 bits per heavy atom. The number of carbonyl (C=O) groups excluding carboxylic acids is 2. The van der Waals surface area contributed by atoms with Crippen molar-refractivity contribution in [2.24, 2.45) is 5.92 Å². The molecule has 0 aromatic heterocycles. The van der Waals surface area contributed by atoms with Gasteiger partial charge in [0.15, 0.2) is 0 Å². The molecule has 1 aliphatic carbocycles. The van der Waals surface area contributed by atoms with Crippen LogP contribution < -0.4 is 0 Å². The van der Waals surface area contributed by atoms with Crippen molar-refractivity contribution >= 4 is 17.8 Å². The van der Waals surface area contributed by atoms with Crippen LogP contribution in [-0.2, 0) is 14.4 Å². The molecule has 1 unspecified atom stereocenters. The van der Waals surface area contributed by atoms with E-state index in [1.54, 1.807) is 0 Å². The van der Waals surface area contributed by atoms with Crippen LogP contribution in [-0.4, -0.2) is 33.8 Å². The van der Waals surface area contributed by atoms with E-state index in [4.69, 9.17) is 5.11 Å². The molecule has 2 fully saturated rings. The molecule has 1 saturated carbocycles. The number of amides is 2. The number of hydrogen-bond acceptors (Lipinski definition) is 3. The summed E-state index contributed by atoms with van der Waals surface area (Å²) in [5.74, 6) is -2.11. The molecule has 2 aliphatic rings. The normalized spacial score (nSPS) is 26.6. The van der Waals surface area contributed by atoms with E-state index in [1.165, 1.54) is 4.90 Å². The molecule has 17 heavy (non-hydrogen) atoms. The number of carboxylic acids is 1. The molecule has 1 aliphatic heterocycles. The van der Waals surface area contributed by atoms with Crippen LogP contribution in [0.4, 0.5) is 0 Å². The molecule has 1 saturated heterocycles. The zero-order valence-corrected chi connectivity index (χ0v) is 9.72. The van der Waals surface area contributed by atoms with Crippen LogP contribution in [0.15, 0.2) is 0 Å². The van der Waals surface area contributed by atoms with Crippen molar-refractivity contribution in [3.63, 3.8) is 0 Å². The summed E-state index contributed by atoms with van der Waals surface area (Å²) in [5.41, 5.74) is 0. The number of nitrogens with zero attached hydrogens (tertiary/aromatic N) is 1. The van der Waals surface area contributed by atoms with Crippen molar-refractivity contribution in [2.45, 2.75) is 51.0 Å². The second-order valence-electron chi connectivity index (χ2n) is 4.89. The Labute approximate surface area is 99.8 Å². The lowest BCUT2D eigenvalue weighted by Crippen LogP contribution is -2.41. The van der Waals surface area contributed by atoms with Crippen LogP contribution in [0, 0.1) is 5.92 Å².